The third-order valence-electron chi connectivity index (χ3n) is 5.02. The smallest absolute Gasteiger partial charge is 0.223 e. The Morgan fingerprint density at radius 1 is 1.12 bits per heavy atom. The van der Waals surface area contributed by atoms with Gasteiger partial charge in [-0.2, -0.15) is 0 Å². The number of carbonyl (C=O) groups is 2. The number of amides is 2. The first-order valence-corrected chi connectivity index (χ1v) is 9.26. The Labute approximate surface area is 145 Å². The molecule has 1 heterocycles. The number of aryl methyl sites for hydroxylation is 1. The standard InChI is InChI=1S/C20H30N2O2/c1-3-17(4-2)20(24)21-18-12-14-22(15-13-18)19(23)11-10-16-8-6-5-7-9-16/h5-9,17-18H,3-4,10-15H2,1-2H3,(H,21,24). The molecule has 2 rings (SSSR count). The second-order valence-electron chi connectivity index (χ2n) is 6.66. The fourth-order valence-corrected chi connectivity index (χ4v) is 3.31. The van der Waals surface area contributed by atoms with Gasteiger partial charge in [0.15, 0.2) is 0 Å². The molecule has 1 saturated heterocycles. The Hall–Kier alpha value is -1.84. The van der Waals surface area contributed by atoms with E-state index < -0.39 is 0 Å². The molecule has 0 aliphatic carbocycles. The summed E-state index contributed by atoms with van der Waals surface area (Å²) in [4.78, 5) is 26.4. The van der Waals surface area contributed by atoms with E-state index in [-0.39, 0.29) is 23.8 Å². The van der Waals surface area contributed by atoms with Crippen LogP contribution in [0, 0.1) is 5.92 Å². The van der Waals surface area contributed by atoms with Gasteiger partial charge >= 0.3 is 0 Å². The molecule has 1 aliphatic heterocycles. The number of benzene rings is 1. The van der Waals surface area contributed by atoms with Crippen LogP contribution in [0.5, 0.6) is 0 Å². The molecule has 1 aliphatic rings. The fourth-order valence-electron chi connectivity index (χ4n) is 3.31. The van der Waals surface area contributed by atoms with E-state index in [0.29, 0.717) is 6.42 Å². The largest absolute Gasteiger partial charge is 0.353 e. The minimum absolute atomic E-state index is 0.121. The van der Waals surface area contributed by atoms with E-state index in [1.54, 1.807) is 0 Å². The van der Waals surface area contributed by atoms with Crippen molar-refractivity contribution in [3.05, 3.63) is 35.9 Å². The molecule has 4 heteroatoms. The fraction of sp³-hybridized carbons (Fsp3) is 0.600. The summed E-state index contributed by atoms with van der Waals surface area (Å²) in [6, 6.07) is 10.4. The van der Waals surface area contributed by atoms with Gasteiger partial charge in [0.2, 0.25) is 11.8 Å². The van der Waals surface area contributed by atoms with Crippen LogP contribution in [0.4, 0.5) is 0 Å². The van der Waals surface area contributed by atoms with Gasteiger partial charge in [-0.3, -0.25) is 9.59 Å². The number of piperidine rings is 1. The van der Waals surface area contributed by atoms with E-state index in [0.717, 1.165) is 45.2 Å². The highest BCUT2D eigenvalue weighted by Crippen LogP contribution is 2.15. The number of rotatable bonds is 7. The normalized spacial score (nSPS) is 15.5. The van der Waals surface area contributed by atoms with Crippen LogP contribution in [0.1, 0.15) is 51.5 Å². The van der Waals surface area contributed by atoms with Crippen molar-refractivity contribution >= 4 is 11.8 Å². The summed E-state index contributed by atoms with van der Waals surface area (Å²) in [6.45, 7) is 5.62. The van der Waals surface area contributed by atoms with Crippen LogP contribution in [-0.4, -0.2) is 35.8 Å². The zero-order chi connectivity index (χ0) is 17.4. The van der Waals surface area contributed by atoms with Gasteiger partial charge in [-0.1, -0.05) is 44.2 Å². The van der Waals surface area contributed by atoms with Crippen molar-refractivity contribution in [1.29, 1.82) is 0 Å². The number of nitrogens with zero attached hydrogens (tertiary/aromatic N) is 1. The Kier molecular flexibility index (Phi) is 7.29. The molecule has 4 nitrogen and oxygen atoms in total. The molecule has 0 radical (unpaired) electrons. The van der Waals surface area contributed by atoms with Gasteiger partial charge in [0.1, 0.15) is 0 Å². The minimum atomic E-state index is 0.121. The summed E-state index contributed by atoms with van der Waals surface area (Å²) in [5, 5.41) is 3.16. The molecular formula is C20H30N2O2. The van der Waals surface area contributed by atoms with Crippen LogP contribution in [0.25, 0.3) is 0 Å². The van der Waals surface area contributed by atoms with Gasteiger partial charge in [-0.15, -0.1) is 0 Å². The number of hydrogen-bond acceptors (Lipinski definition) is 2. The zero-order valence-electron chi connectivity index (χ0n) is 15.0. The average molecular weight is 330 g/mol. The third-order valence-corrected chi connectivity index (χ3v) is 5.02. The van der Waals surface area contributed by atoms with Crippen molar-refractivity contribution in [1.82, 2.24) is 10.2 Å². The van der Waals surface area contributed by atoms with Gasteiger partial charge in [0.25, 0.3) is 0 Å². The lowest BCUT2D eigenvalue weighted by Gasteiger charge is -2.33. The highest BCUT2D eigenvalue weighted by Gasteiger charge is 2.25. The summed E-state index contributed by atoms with van der Waals surface area (Å²) < 4.78 is 0. The van der Waals surface area contributed by atoms with Crippen molar-refractivity contribution in [3.63, 3.8) is 0 Å². The van der Waals surface area contributed by atoms with E-state index in [9.17, 15) is 9.59 Å². The topological polar surface area (TPSA) is 49.4 Å². The van der Waals surface area contributed by atoms with E-state index in [1.165, 1.54) is 5.56 Å². The Morgan fingerprint density at radius 2 is 1.75 bits per heavy atom. The summed E-state index contributed by atoms with van der Waals surface area (Å²) in [6.07, 6.45) is 4.87. The van der Waals surface area contributed by atoms with Crippen molar-refractivity contribution in [2.75, 3.05) is 13.1 Å². The maximum atomic E-state index is 12.3. The quantitative estimate of drug-likeness (QED) is 0.835. The van der Waals surface area contributed by atoms with Crippen molar-refractivity contribution < 1.29 is 9.59 Å². The third kappa shape index (κ3) is 5.36. The van der Waals surface area contributed by atoms with Gasteiger partial charge < -0.3 is 10.2 Å². The molecule has 132 valence electrons. The van der Waals surface area contributed by atoms with Gasteiger partial charge in [-0.05, 0) is 37.7 Å². The highest BCUT2D eigenvalue weighted by atomic mass is 16.2. The summed E-state index contributed by atoms with van der Waals surface area (Å²) >= 11 is 0. The van der Waals surface area contributed by atoms with Crippen LogP contribution < -0.4 is 5.32 Å². The number of likely N-dealkylation sites (tertiary alicyclic amines) is 1. The molecule has 0 saturated carbocycles. The lowest BCUT2D eigenvalue weighted by molar-refractivity contribution is -0.132. The van der Waals surface area contributed by atoms with Gasteiger partial charge in [0, 0.05) is 31.5 Å². The molecule has 24 heavy (non-hydrogen) atoms. The predicted octanol–water partition coefficient (Wildman–Crippen LogP) is 3.16. The summed E-state index contributed by atoms with van der Waals surface area (Å²) in [5.41, 5.74) is 1.21. The SMILES string of the molecule is CCC(CC)C(=O)NC1CCN(C(=O)CCc2ccccc2)CC1. The van der Waals surface area contributed by atoms with Crippen molar-refractivity contribution in [3.8, 4) is 0 Å². The van der Waals surface area contributed by atoms with Crippen LogP contribution in [-0.2, 0) is 16.0 Å². The summed E-state index contributed by atoms with van der Waals surface area (Å²) in [7, 11) is 0. The first-order valence-electron chi connectivity index (χ1n) is 9.26. The molecule has 0 bridgehead atoms. The minimum Gasteiger partial charge on any atom is -0.353 e. The lowest BCUT2D eigenvalue weighted by atomic mass is 9.99. The van der Waals surface area contributed by atoms with Crippen LogP contribution >= 0.6 is 0 Å². The maximum Gasteiger partial charge on any atom is 0.223 e. The molecule has 1 aromatic rings. The number of carbonyl (C=O) groups excluding carboxylic acids is 2. The molecule has 1 N–H and O–H groups in total. The maximum absolute atomic E-state index is 12.3. The van der Waals surface area contributed by atoms with Crippen LogP contribution in [0.3, 0.4) is 0 Å². The molecule has 0 unspecified atom stereocenters. The van der Waals surface area contributed by atoms with Crippen LogP contribution in [0.2, 0.25) is 0 Å². The van der Waals surface area contributed by atoms with E-state index >= 15 is 0 Å². The zero-order valence-corrected chi connectivity index (χ0v) is 15.0. The van der Waals surface area contributed by atoms with E-state index in [2.05, 4.69) is 31.3 Å². The first kappa shape index (κ1) is 18.5. The lowest BCUT2D eigenvalue weighted by Crippen LogP contribution is -2.47. The molecule has 1 aromatic carbocycles. The van der Waals surface area contributed by atoms with E-state index in [1.807, 2.05) is 23.1 Å². The summed E-state index contributed by atoms with van der Waals surface area (Å²) in [5.74, 6) is 0.521. The molecule has 0 spiro atoms. The van der Waals surface area contributed by atoms with E-state index in [4.69, 9.17) is 0 Å². The van der Waals surface area contributed by atoms with Gasteiger partial charge in [0.05, 0.1) is 0 Å². The van der Waals surface area contributed by atoms with Gasteiger partial charge in [-0.25, -0.2) is 0 Å². The Bertz CT molecular complexity index is 518. The molecular weight excluding hydrogens is 300 g/mol. The average Bonchev–Trinajstić information content (AvgIpc) is 2.62. The monoisotopic (exact) mass is 330 g/mol. The Balaban J connectivity index is 1.72. The van der Waals surface area contributed by atoms with Crippen molar-refractivity contribution in [2.24, 2.45) is 5.92 Å². The second-order valence-corrected chi connectivity index (χ2v) is 6.66. The molecule has 1 fully saturated rings. The molecule has 2 amide bonds. The van der Waals surface area contributed by atoms with Crippen molar-refractivity contribution in [2.45, 2.75) is 58.4 Å². The molecule has 0 atom stereocenters. The number of hydrogen-bond donors (Lipinski definition) is 1. The highest BCUT2D eigenvalue weighted by molar-refractivity contribution is 5.79. The predicted molar refractivity (Wildman–Crippen MR) is 96.6 cm³/mol. The second kappa shape index (κ2) is 9.45. The number of nitrogens with one attached hydrogen (secondary N) is 1. The Morgan fingerprint density at radius 3 is 2.33 bits per heavy atom. The van der Waals surface area contributed by atoms with Crippen LogP contribution in [0.15, 0.2) is 30.3 Å². The molecule has 0 aromatic heterocycles. The first-order chi connectivity index (χ1) is 11.6.